The Morgan fingerprint density at radius 1 is 1.27 bits per heavy atom. The van der Waals surface area contributed by atoms with Crippen LogP contribution in [0.2, 0.25) is 0 Å². The standard InChI is InChI=1S/C16H18FNO4/c1-11(9-20-2)18-16(19)15-8-7-14(22-15)10-21-13-5-3-12(17)4-6-13/h3-8,11H,9-10H2,1-2H3,(H,18,19). The lowest BCUT2D eigenvalue weighted by Crippen LogP contribution is -2.35. The Morgan fingerprint density at radius 2 is 2.00 bits per heavy atom. The van der Waals surface area contributed by atoms with Crippen LogP contribution in [0.1, 0.15) is 23.2 Å². The zero-order chi connectivity index (χ0) is 15.9. The largest absolute Gasteiger partial charge is 0.486 e. The quantitative estimate of drug-likeness (QED) is 0.854. The van der Waals surface area contributed by atoms with Gasteiger partial charge in [0.15, 0.2) is 5.76 Å². The van der Waals surface area contributed by atoms with Gasteiger partial charge in [0, 0.05) is 13.2 Å². The van der Waals surface area contributed by atoms with Gasteiger partial charge in [-0.05, 0) is 43.3 Å². The molecule has 1 aromatic heterocycles. The maximum absolute atomic E-state index is 12.8. The summed E-state index contributed by atoms with van der Waals surface area (Å²) in [6.07, 6.45) is 0. The Balaban J connectivity index is 1.88. The van der Waals surface area contributed by atoms with Crippen molar-refractivity contribution in [3.05, 3.63) is 53.7 Å². The van der Waals surface area contributed by atoms with Gasteiger partial charge in [-0.1, -0.05) is 0 Å². The highest BCUT2D eigenvalue weighted by Gasteiger charge is 2.14. The van der Waals surface area contributed by atoms with E-state index in [0.29, 0.717) is 18.1 Å². The fraction of sp³-hybridized carbons (Fsp3) is 0.312. The van der Waals surface area contributed by atoms with Crippen LogP contribution in [0.5, 0.6) is 5.75 Å². The minimum Gasteiger partial charge on any atom is -0.486 e. The third-order valence-corrected chi connectivity index (χ3v) is 2.87. The van der Waals surface area contributed by atoms with Crippen molar-refractivity contribution in [1.82, 2.24) is 5.32 Å². The van der Waals surface area contributed by atoms with Crippen molar-refractivity contribution in [2.75, 3.05) is 13.7 Å². The predicted molar refractivity (Wildman–Crippen MR) is 78.2 cm³/mol. The minimum atomic E-state index is -0.325. The van der Waals surface area contributed by atoms with Crippen molar-refractivity contribution in [3.63, 3.8) is 0 Å². The molecular formula is C16H18FNO4. The van der Waals surface area contributed by atoms with Crippen LogP contribution in [0, 0.1) is 5.82 Å². The number of halogens is 1. The van der Waals surface area contributed by atoms with E-state index >= 15 is 0 Å². The lowest BCUT2D eigenvalue weighted by atomic mass is 10.3. The smallest absolute Gasteiger partial charge is 0.287 e. The molecule has 0 bridgehead atoms. The molecule has 0 saturated carbocycles. The van der Waals surface area contributed by atoms with Crippen molar-refractivity contribution in [2.45, 2.75) is 19.6 Å². The molecule has 1 unspecified atom stereocenters. The van der Waals surface area contributed by atoms with E-state index in [1.165, 1.54) is 24.3 Å². The van der Waals surface area contributed by atoms with Crippen LogP contribution < -0.4 is 10.1 Å². The molecule has 5 nitrogen and oxygen atoms in total. The molecule has 6 heteroatoms. The minimum absolute atomic E-state index is 0.110. The molecular weight excluding hydrogens is 289 g/mol. The van der Waals surface area contributed by atoms with Crippen molar-refractivity contribution in [1.29, 1.82) is 0 Å². The van der Waals surface area contributed by atoms with Gasteiger partial charge in [0.05, 0.1) is 6.61 Å². The van der Waals surface area contributed by atoms with E-state index in [-0.39, 0.29) is 30.1 Å². The Labute approximate surface area is 128 Å². The lowest BCUT2D eigenvalue weighted by molar-refractivity contribution is 0.0874. The first-order valence-electron chi connectivity index (χ1n) is 6.85. The molecule has 1 atom stereocenters. The second-order valence-electron chi connectivity index (χ2n) is 4.84. The molecule has 0 aliphatic heterocycles. The summed E-state index contributed by atoms with van der Waals surface area (Å²) in [6, 6.07) is 8.82. The second-order valence-corrected chi connectivity index (χ2v) is 4.84. The normalized spacial score (nSPS) is 12.0. The number of benzene rings is 1. The molecule has 1 aromatic carbocycles. The fourth-order valence-electron chi connectivity index (χ4n) is 1.85. The van der Waals surface area contributed by atoms with E-state index in [1.54, 1.807) is 19.2 Å². The summed E-state index contributed by atoms with van der Waals surface area (Å²) in [7, 11) is 1.57. The molecule has 2 rings (SSSR count). The monoisotopic (exact) mass is 307 g/mol. The van der Waals surface area contributed by atoms with Gasteiger partial charge in [-0.2, -0.15) is 0 Å². The second kappa shape index (κ2) is 7.61. The lowest BCUT2D eigenvalue weighted by Gasteiger charge is -2.11. The summed E-state index contributed by atoms with van der Waals surface area (Å²) < 4.78 is 28.6. The number of carbonyl (C=O) groups excluding carboxylic acids is 1. The summed E-state index contributed by atoms with van der Waals surface area (Å²) in [6.45, 7) is 2.42. The molecule has 2 aromatic rings. The zero-order valence-electron chi connectivity index (χ0n) is 12.5. The highest BCUT2D eigenvalue weighted by molar-refractivity contribution is 5.91. The van der Waals surface area contributed by atoms with Crippen molar-refractivity contribution >= 4 is 5.91 Å². The van der Waals surface area contributed by atoms with Crippen LogP contribution in [0.4, 0.5) is 4.39 Å². The number of nitrogens with one attached hydrogen (secondary N) is 1. The molecule has 0 aliphatic carbocycles. The first-order valence-corrected chi connectivity index (χ1v) is 6.85. The first kappa shape index (κ1) is 16.0. The Hall–Kier alpha value is -2.34. The number of hydrogen-bond donors (Lipinski definition) is 1. The van der Waals surface area contributed by atoms with Gasteiger partial charge in [0.25, 0.3) is 5.91 Å². The van der Waals surface area contributed by atoms with Crippen LogP contribution >= 0.6 is 0 Å². The number of ether oxygens (including phenoxy) is 2. The first-order chi connectivity index (χ1) is 10.6. The van der Waals surface area contributed by atoms with Gasteiger partial charge in [-0.3, -0.25) is 4.79 Å². The molecule has 0 aliphatic rings. The van der Waals surface area contributed by atoms with Crippen LogP contribution in [-0.4, -0.2) is 25.7 Å². The summed E-state index contributed by atoms with van der Waals surface area (Å²) in [5.74, 6) is 0.610. The third-order valence-electron chi connectivity index (χ3n) is 2.87. The number of rotatable bonds is 7. The molecule has 1 amide bonds. The zero-order valence-corrected chi connectivity index (χ0v) is 12.5. The molecule has 118 valence electrons. The highest BCUT2D eigenvalue weighted by atomic mass is 19.1. The SMILES string of the molecule is COCC(C)NC(=O)c1ccc(COc2ccc(F)cc2)o1. The third kappa shape index (κ3) is 4.60. The summed E-state index contributed by atoms with van der Waals surface area (Å²) >= 11 is 0. The number of methoxy groups -OCH3 is 1. The number of furan rings is 1. The van der Waals surface area contributed by atoms with Gasteiger partial charge < -0.3 is 19.2 Å². The van der Waals surface area contributed by atoms with Crippen LogP contribution in [-0.2, 0) is 11.3 Å². The topological polar surface area (TPSA) is 60.7 Å². The van der Waals surface area contributed by atoms with Crippen molar-refractivity contribution in [3.8, 4) is 5.75 Å². The van der Waals surface area contributed by atoms with Gasteiger partial charge in [-0.15, -0.1) is 0 Å². The molecule has 0 radical (unpaired) electrons. The molecule has 1 N–H and O–H groups in total. The van der Waals surface area contributed by atoms with Gasteiger partial charge in [0.2, 0.25) is 0 Å². The van der Waals surface area contributed by atoms with Gasteiger partial charge >= 0.3 is 0 Å². The molecule has 1 heterocycles. The van der Waals surface area contributed by atoms with Gasteiger partial charge in [0.1, 0.15) is 23.9 Å². The summed E-state index contributed by atoms with van der Waals surface area (Å²) in [5.41, 5.74) is 0. The average Bonchev–Trinajstić information content (AvgIpc) is 2.96. The summed E-state index contributed by atoms with van der Waals surface area (Å²) in [4.78, 5) is 11.9. The number of hydrogen-bond acceptors (Lipinski definition) is 4. The average molecular weight is 307 g/mol. The Morgan fingerprint density at radius 3 is 2.68 bits per heavy atom. The maximum atomic E-state index is 12.8. The Kier molecular flexibility index (Phi) is 5.55. The van der Waals surface area contributed by atoms with Crippen molar-refractivity contribution < 1.29 is 23.1 Å². The molecule has 0 fully saturated rings. The van der Waals surface area contributed by atoms with E-state index in [1.807, 2.05) is 6.92 Å². The van der Waals surface area contributed by atoms with Crippen LogP contribution in [0.15, 0.2) is 40.8 Å². The molecule has 0 spiro atoms. The Bertz CT molecular complexity index is 609. The van der Waals surface area contributed by atoms with E-state index in [4.69, 9.17) is 13.9 Å². The fourth-order valence-corrected chi connectivity index (χ4v) is 1.85. The maximum Gasteiger partial charge on any atom is 0.287 e. The number of amides is 1. The van der Waals surface area contributed by atoms with Crippen LogP contribution in [0.3, 0.4) is 0 Å². The highest BCUT2D eigenvalue weighted by Crippen LogP contribution is 2.15. The van der Waals surface area contributed by atoms with Crippen LogP contribution in [0.25, 0.3) is 0 Å². The van der Waals surface area contributed by atoms with E-state index in [9.17, 15) is 9.18 Å². The van der Waals surface area contributed by atoms with Crippen molar-refractivity contribution in [2.24, 2.45) is 0 Å². The molecule has 0 saturated heterocycles. The summed E-state index contributed by atoms with van der Waals surface area (Å²) in [5, 5.41) is 2.75. The molecule has 22 heavy (non-hydrogen) atoms. The van der Waals surface area contributed by atoms with E-state index < -0.39 is 0 Å². The predicted octanol–water partition coefficient (Wildman–Crippen LogP) is 2.76. The number of carbonyl (C=O) groups is 1. The van der Waals surface area contributed by atoms with E-state index in [2.05, 4.69) is 5.32 Å². The van der Waals surface area contributed by atoms with E-state index in [0.717, 1.165) is 0 Å². The van der Waals surface area contributed by atoms with Gasteiger partial charge in [-0.25, -0.2) is 4.39 Å².